The third kappa shape index (κ3) is 5.19. The standard InChI is InChI=1S/C51H34N4S2/c1-3-14-31(15-4-1)49-52-50(32-16-5-2-6-17-32)54-51(53-49)39-22-13-26-43-47(39)37-29-28-33(30-45(37)56-43)34-20-12-27-44-46(34)38-21-11-25-42(48(38)57-44)55-40-23-9-7-18-35(40)36-19-8-10-24-41(36)55/h1-30,49-50,52H,(H,53,54). The predicted octanol–water partition coefficient (Wildman–Crippen LogP) is 13.5. The van der Waals surface area contributed by atoms with Gasteiger partial charge in [0, 0.05) is 52.0 Å². The Labute approximate surface area is 337 Å². The van der Waals surface area contributed by atoms with E-state index < -0.39 is 0 Å². The van der Waals surface area contributed by atoms with E-state index in [2.05, 4.69) is 197 Å². The first-order valence-corrected chi connectivity index (χ1v) is 21.0. The second-order valence-electron chi connectivity index (χ2n) is 14.7. The number of thiophene rings is 2. The number of para-hydroxylation sites is 2. The molecule has 6 heteroatoms. The summed E-state index contributed by atoms with van der Waals surface area (Å²) in [5.74, 6) is 0.902. The van der Waals surface area contributed by atoms with Crippen molar-refractivity contribution in [2.75, 3.05) is 0 Å². The first-order chi connectivity index (χ1) is 28.3. The van der Waals surface area contributed by atoms with Crippen molar-refractivity contribution < 1.29 is 0 Å². The van der Waals surface area contributed by atoms with Gasteiger partial charge in [0.2, 0.25) is 0 Å². The Morgan fingerprint density at radius 3 is 1.84 bits per heavy atom. The molecule has 1 aliphatic heterocycles. The Bertz CT molecular complexity index is 3320. The number of amidine groups is 1. The van der Waals surface area contributed by atoms with Gasteiger partial charge in [0.05, 0.1) is 21.4 Å². The molecule has 3 aromatic heterocycles. The molecule has 4 heterocycles. The Balaban J connectivity index is 1.00. The summed E-state index contributed by atoms with van der Waals surface area (Å²) >= 11 is 3.75. The summed E-state index contributed by atoms with van der Waals surface area (Å²) in [5.41, 5.74) is 9.62. The zero-order valence-corrected chi connectivity index (χ0v) is 32.3. The predicted molar refractivity (Wildman–Crippen MR) is 243 cm³/mol. The minimum Gasteiger partial charge on any atom is -0.350 e. The van der Waals surface area contributed by atoms with Crippen LogP contribution >= 0.6 is 22.7 Å². The van der Waals surface area contributed by atoms with E-state index in [4.69, 9.17) is 4.99 Å². The van der Waals surface area contributed by atoms with Gasteiger partial charge in [-0.3, -0.25) is 5.32 Å². The number of hydrogen-bond acceptors (Lipinski definition) is 5. The van der Waals surface area contributed by atoms with Gasteiger partial charge in [-0.25, -0.2) is 4.99 Å². The van der Waals surface area contributed by atoms with Gasteiger partial charge in [-0.1, -0.05) is 146 Å². The van der Waals surface area contributed by atoms with E-state index in [1.165, 1.54) is 84.5 Å². The van der Waals surface area contributed by atoms with E-state index in [9.17, 15) is 0 Å². The summed E-state index contributed by atoms with van der Waals surface area (Å²) in [6, 6.07) is 65.9. The zero-order valence-electron chi connectivity index (χ0n) is 30.7. The fourth-order valence-corrected chi connectivity index (χ4v) is 11.3. The lowest BCUT2D eigenvalue weighted by Crippen LogP contribution is -2.45. The molecule has 0 aliphatic carbocycles. The molecule has 57 heavy (non-hydrogen) atoms. The van der Waals surface area contributed by atoms with Crippen LogP contribution in [0, 0.1) is 0 Å². The molecule has 2 N–H and O–H groups in total. The van der Waals surface area contributed by atoms with Gasteiger partial charge in [0.25, 0.3) is 0 Å². The second kappa shape index (κ2) is 13.0. The van der Waals surface area contributed by atoms with Crippen molar-refractivity contribution in [2.24, 2.45) is 4.99 Å². The lowest BCUT2D eigenvalue weighted by Gasteiger charge is -2.32. The van der Waals surface area contributed by atoms with Crippen LogP contribution in [-0.2, 0) is 0 Å². The molecule has 0 saturated heterocycles. The van der Waals surface area contributed by atoms with E-state index in [0.29, 0.717) is 0 Å². The van der Waals surface area contributed by atoms with Gasteiger partial charge in [-0.15, -0.1) is 22.7 Å². The minimum atomic E-state index is -0.184. The van der Waals surface area contributed by atoms with Crippen molar-refractivity contribution in [1.29, 1.82) is 0 Å². The summed E-state index contributed by atoms with van der Waals surface area (Å²) in [7, 11) is 0. The highest BCUT2D eigenvalue weighted by Gasteiger charge is 2.27. The SMILES string of the molecule is c1ccc(C2N=C(c3cccc4sc5cc(-c6cccc7sc8c(-n9c%10ccccc%10c%10ccccc%109)cccc8c67)ccc5c34)NC(c3ccccc3)N2)cc1. The van der Waals surface area contributed by atoms with Crippen molar-refractivity contribution in [2.45, 2.75) is 12.3 Å². The fourth-order valence-electron chi connectivity index (χ4n) is 8.94. The Hall–Kier alpha value is -6.57. The molecular weight excluding hydrogens is 733 g/mol. The topological polar surface area (TPSA) is 41.4 Å². The van der Waals surface area contributed by atoms with E-state index in [1.807, 2.05) is 22.7 Å². The van der Waals surface area contributed by atoms with Crippen LogP contribution < -0.4 is 10.6 Å². The first kappa shape index (κ1) is 32.7. The molecule has 2 atom stereocenters. The van der Waals surface area contributed by atoms with Crippen LogP contribution in [0.4, 0.5) is 0 Å². The number of benzene rings is 8. The third-order valence-corrected chi connectivity index (χ3v) is 13.8. The molecule has 0 radical (unpaired) electrons. The lowest BCUT2D eigenvalue weighted by atomic mass is 9.97. The van der Waals surface area contributed by atoms with Crippen LogP contribution in [0.15, 0.2) is 187 Å². The number of rotatable bonds is 5. The molecule has 12 rings (SSSR count). The average Bonchev–Trinajstić information content (AvgIpc) is 3.96. The highest BCUT2D eigenvalue weighted by Crippen LogP contribution is 2.46. The molecule has 0 saturated carbocycles. The Kier molecular flexibility index (Phi) is 7.45. The molecular formula is C51H34N4S2. The Morgan fingerprint density at radius 1 is 0.474 bits per heavy atom. The van der Waals surface area contributed by atoms with E-state index in [1.54, 1.807) is 0 Å². The molecule has 1 aliphatic rings. The molecule has 11 aromatic rings. The highest BCUT2D eigenvalue weighted by molar-refractivity contribution is 7.26. The zero-order chi connectivity index (χ0) is 37.5. The Morgan fingerprint density at radius 2 is 1.09 bits per heavy atom. The summed E-state index contributed by atoms with van der Waals surface area (Å²) < 4.78 is 7.58. The number of nitrogens with one attached hydrogen (secondary N) is 2. The lowest BCUT2D eigenvalue weighted by molar-refractivity contribution is 0.409. The van der Waals surface area contributed by atoms with Gasteiger partial charge in [-0.05, 0) is 58.7 Å². The number of aromatic nitrogens is 1. The summed E-state index contributed by atoms with van der Waals surface area (Å²) in [6.07, 6.45) is -0.275. The van der Waals surface area contributed by atoms with Crippen molar-refractivity contribution in [3.05, 3.63) is 199 Å². The smallest absolute Gasteiger partial charge is 0.132 e. The fraction of sp³-hybridized carbons (Fsp3) is 0.0392. The van der Waals surface area contributed by atoms with Gasteiger partial charge in [-0.2, -0.15) is 0 Å². The first-order valence-electron chi connectivity index (χ1n) is 19.4. The van der Waals surface area contributed by atoms with E-state index in [0.717, 1.165) is 17.0 Å². The van der Waals surface area contributed by atoms with Crippen LogP contribution in [0.2, 0.25) is 0 Å². The van der Waals surface area contributed by atoms with Crippen molar-refractivity contribution >= 4 is 90.7 Å². The molecule has 270 valence electrons. The number of nitrogens with zero attached hydrogens (tertiary/aromatic N) is 2. The molecule has 0 amide bonds. The van der Waals surface area contributed by atoms with Crippen molar-refractivity contribution in [3.8, 4) is 16.8 Å². The molecule has 0 fully saturated rings. The number of hydrogen-bond donors (Lipinski definition) is 2. The van der Waals surface area contributed by atoms with Crippen LogP contribution in [0.5, 0.6) is 0 Å². The van der Waals surface area contributed by atoms with Gasteiger partial charge >= 0.3 is 0 Å². The molecule has 2 unspecified atom stereocenters. The molecule has 4 nitrogen and oxygen atoms in total. The van der Waals surface area contributed by atoms with Gasteiger partial charge < -0.3 is 9.88 Å². The maximum atomic E-state index is 5.31. The average molecular weight is 767 g/mol. The quantitative estimate of drug-likeness (QED) is 0.183. The molecule has 0 bridgehead atoms. The monoisotopic (exact) mass is 766 g/mol. The van der Waals surface area contributed by atoms with E-state index in [-0.39, 0.29) is 12.3 Å². The second-order valence-corrected chi connectivity index (χ2v) is 16.9. The summed E-state index contributed by atoms with van der Waals surface area (Å²) in [4.78, 5) is 5.31. The van der Waals surface area contributed by atoms with Crippen molar-refractivity contribution in [3.63, 3.8) is 0 Å². The maximum absolute atomic E-state index is 5.31. The van der Waals surface area contributed by atoms with Crippen LogP contribution in [0.25, 0.3) is 79.0 Å². The molecule has 8 aromatic carbocycles. The minimum absolute atomic E-state index is 0.0907. The summed E-state index contributed by atoms with van der Waals surface area (Å²) in [6.45, 7) is 0. The van der Waals surface area contributed by atoms with Crippen LogP contribution in [0.1, 0.15) is 29.0 Å². The van der Waals surface area contributed by atoms with Gasteiger partial charge in [0.15, 0.2) is 0 Å². The van der Waals surface area contributed by atoms with Crippen LogP contribution in [0.3, 0.4) is 0 Å². The van der Waals surface area contributed by atoms with Crippen molar-refractivity contribution in [1.82, 2.24) is 15.2 Å². The number of fused-ring (bicyclic) bond motifs is 9. The maximum Gasteiger partial charge on any atom is 0.132 e. The largest absolute Gasteiger partial charge is 0.350 e. The van der Waals surface area contributed by atoms with Gasteiger partial charge in [0.1, 0.15) is 18.2 Å². The summed E-state index contributed by atoms with van der Waals surface area (Å²) in [5, 5.41) is 15.2. The molecule has 0 spiro atoms. The van der Waals surface area contributed by atoms with E-state index >= 15 is 0 Å². The third-order valence-electron chi connectivity index (χ3n) is 11.5. The highest BCUT2D eigenvalue weighted by atomic mass is 32.1. The normalized spacial score (nSPS) is 15.9. The van der Waals surface area contributed by atoms with Crippen LogP contribution in [-0.4, -0.2) is 10.4 Å². The number of aliphatic imine (C=N–C) groups is 1.